The van der Waals surface area contributed by atoms with Crippen molar-refractivity contribution in [2.75, 3.05) is 19.3 Å². The third-order valence-electron chi connectivity index (χ3n) is 5.02. The summed E-state index contributed by atoms with van der Waals surface area (Å²) in [5.41, 5.74) is 0.745. The van der Waals surface area contributed by atoms with Gasteiger partial charge in [0.15, 0.2) is 5.84 Å². The van der Waals surface area contributed by atoms with Gasteiger partial charge in [-0.2, -0.15) is 18.2 Å². The number of hydrogen-bond donors (Lipinski definition) is 1. The topological polar surface area (TPSA) is 83.2 Å². The number of aryl methyl sites for hydroxylation is 1. The fourth-order valence-electron chi connectivity index (χ4n) is 2.97. The number of hydrogen-bond acceptors (Lipinski definition) is 4. The first-order chi connectivity index (χ1) is 18.3. The average molecular weight is 587 g/mol. The number of carbonyl (C=O) groups excluding carboxylic acids is 2. The normalized spacial score (nSPS) is 13.1. The van der Waals surface area contributed by atoms with Crippen LogP contribution in [-0.2, 0) is 11.0 Å². The lowest BCUT2D eigenvalue weighted by Gasteiger charge is -2.10. The molecule has 0 saturated carbocycles. The summed E-state index contributed by atoms with van der Waals surface area (Å²) < 4.78 is 50.7. The summed E-state index contributed by atoms with van der Waals surface area (Å²) in [7, 11) is 1.64. The molecule has 2 rings (SSSR count). The van der Waals surface area contributed by atoms with E-state index >= 15 is 0 Å². The molecule has 0 aliphatic heterocycles. The standard InChI is InChI=1S/C19H25FN4O2S.C8H6ClF3/c1-5-16(25)12-27-13(3)24-19(26)23-11-17(20)14-7-9-15(10-8-14)18(21-4)22-6-2;1-5-4-6(9)2-3-7(5)8(10,11)12/h6-10,17H,5,11-12H2,1-4H3,(H,23,26);2-4H,1H3/b21-18?,22-6?,24-13-;. The quantitative estimate of drug-likeness (QED) is 0.205. The Labute approximate surface area is 235 Å². The van der Waals surface area contributed by atoms with Crippen LogP contribution in [-0.4, -0.2) is 48.3 Å². The van der Waals surface area contributed by atoms with Crippen LogP contribution in [0, 0.1) is 6.92 Å². The van der Waals surface area contributed by atoms with Crippen LogP contribution in [0.4, 0.5) is 22.4 Å². The fraction of sp³-hybridized carbons (Fsp3) is 0.370. The molecule has 0 spiro atoms. The van der Waals surface area contributed by atoms with Gasteiger partial charge in [0.2, 0.25) is 0 Å². The number of urea groups is 1. The van der Waals surface area contributed by atoms with Crippen molar-refractivity contribution in [3.63, 3.8) is 0 Å². The van der Waals surface area contributed by atoms with Crippen LogP contribution in [0.3, 0.4) is 0 Å². The van der Waals surface area contributed by atoms with Gasteiger partial charge in [0.05, 0.1) is 22.9 Å². The summed E-state index contributed by atoms with van der Waals surface area (Å²) in [5.74, 6) is 0.933. The van der Waals surface area contributed by atoms with E-state index in [0.29, 0.717) is 27.9 Å². The van der Waals surface area contributed by atoms with Crippen molar-refractivity contribution in [3.8, 4) is 0 Å². The lowest BCUT2D eigenvalue weighted by Crippen LogP contribution is -2.24. The number of thioether (sulfide) groups is 1. The van der Waals surface area contributed by atoms with Crippen molar-refractivity contribution >= 4 is 52.3 Å². The van der Waals surface area contributed by atoms with Crippen molar-refractivity contribution in [2.24, 2.45) is 15.0 Å². The van der Waals surface area contributed by atoms with Gasteiger partial charge < -0.3 is 5.32 Å². The summed E-state index contributed by atoms with van der Waals surface area (Å²) in [6, 6.07) is 9.65. The number of amidine groups is 1. The van der Waals surface area contributed by atoms with E-state index in [1.807, 2.05) is 0 Å². The molecule has 0 aliphatic rings. The third-order valence-corrected chi connectivity index (χ3v) is 6.23. The molecule has 0 saturated heterocycles. The monoisotopic (exact) mass is 586 g/mol. The van der Waals surface area contributed by atoms with E-state index in [1.165, 1.54) is 30.8 Å². The Morgan fingerprint density at radius 1 is 1.15 bits per heavy atom. The number of benzene rings is 2. The van der Waals surface area contributed by atoms with E-state index in [2.05, 4.69) is 20.3 Å². The molecule has 0 aliphatic carbocycles. The van der Waals surface area contributed by atoms with E-state index < -0.39 is 23.9 Å². The van der Waals surface area contributed by atoms with Crippen molar-refractivity contribution < 1.29 is 27.2 Å². The Hall–Kier alpha value is -3.05. The number of rotatable bonds is 7. The number of amides is 2. The zero-order valence-electron chi connectivity index (χ0n) is 22.3. The van der Waals surface area contributed by atoms with Crippen LogP contribution in [0.15, 0.2) is 57.4 Å². The maximum Gasteiger partial charge on any atom is 0.416 e. The molecular formula is C27H31ClF4N4O2S. The Bertz CT molecular complexity index is 1200. The molecule has 0 aromatic heterocycles. The minimum atomic E-state index is -4.28. The molecule has 0 bridgehead atoms. The van der Waals surface area contributed by atoms with E-state index in [0.717, 1.165) is 11.6 Å². The van der Waals surface area contributed by atoms with Crippen LogP contribution < -0.4 is 5.32 Å². The number of nitrogens with one attached hydrogen (secondary N) is 1. The lowest BCUT2D eigenvalue weighted by molar-refractivity contribution is -0.138. The molecule has 0 heterocycles. The smallest absolute Gasteiger partial charge is 0.333 e. The zero-order chi connectivity index (χ0) is 29.6. The Morgan fingerprint density at radius 3 is 2.31 bits per heavy atom. The summed E-state index contributed by atoms with van der Waals surface area (Å²) in [5, 5.41) is 3.22. The van der Waals surface area contributed by atoms with Crippen molar-refractivity contribution in [3.05, 3.63) is 69.7 Å². The Kier molecular flexibility index (Phi) is 14.6. The number of halogens is 5. The molecule has 2 aromatic carbocycles. The van der Waals surface area contributed by atoms with Gasteiger partial charge in [-0.15, -0.1) is 11.8 Å². The van der Waals surface area contributed by atoms with Gasteiger partial charge in [0.1, 0.15) is 12.0 Å². The second kappa shape index (κ2) is 16.8. The van der Waals surface area contributed by atoms with E-state index in [1.54, 1.807) is 58.3 Å². The Morgan fingerprint density at radius 2 is 1.79 bits per heavy atom. The molecular weight excluding hydrogens is 556 g/mol. The number of Topliss-reactive ketones (excluding diaryl/α,β-unsaturated/α-hetero) is 1. The minimum absolute atomic E-state index is 0.0862. The van der Waals surface area contributed by atoms with Crippen LogP contribution in [0.5, 0.6) is 0 Å². The molecule has 1 unspecified atom stereocenters. The molecule has 1 N–H and O–H groups in total. The van der Waals surface area contributed by atoms with E-state index in [9.17, 15) is 27.2 Å². The highest BCUT2D eigenvalue weighted by Crippen LogP contribution is 2.32. The van der Waals surface area contributed by atoms with Crippen molar-refractivity contribution in [1.82, 2.24) is 5.32 Å². The summed E-state index contributed by atoms with van der Waals surface area (Å²) in [4.78, 5) is 35.0. The molecule has 212 valence electrons. The maximum atomic E-state index is 14.3. The first-order valence-corrected chi connectivity index (χ1v) is 13.2. The van der Waals surface area contributed by atoms with E-state index in [-0.39, 0.29) is 23.6 Å². The highest BCUT2D eigenvalue weighted by molar-refractivity contribution is 8.14. The zero-order valence-corrected chi connectivity index (χ0v) is 23.8. The van der Waals surface area contributed by atoms with Gasteiger partial charge in [-0.3, -0.25) is 9.79 Å². The maximum absolute atomic E-state index is 14.3. The van der Waals surface area contributed by atoms with E-state index in [4.69, 9.17) is 11.6 Å². The molecule has 2 amide bonds. The number of ketones is 1. The largest absolute Gasteiger partial charge is 0.416 e. The molecule has 39 heavy (non-hydrogen) atoms. The predicted molar refractivity (Wildman–Crippen MR) is 152 cm³/mol. The minimum Gasteiger partial charge on any atom is -0.333 e. The van der Waals surface area contributed by atoms with Crippen LogP contribution in [0.25, 0.3) is 0 Å². The second-order valence-corrected chi connectivity index (χ2v) is 9.58. The third kappa shape index (κ3) is 12.6. The molecule has 1 atom stereocenters. The number of alkyl halides is 4. The van der Waals surface area contributed by atoms with Crippen molar-refractivity contribution in [2.45, 2.75) is 46.5 Å². The lowest BCUT2D eigenvalue weighted by atomic mass is 10.1. The number of nitrogens with zero attached hydrogens (tertiary/aromatic N) is 3. The summed E-state index contributed by atoms with van der Waals surface area (Å²) >= 11 is 6.70. The van der Waals surface area contributed by atoms with Gasteiger partial charge in [-0.05, 0) is 50.1 Å². The predicted octanol–water partition coefficient (Wildman–Crippen LogP) is 7.67. The van der Waals surface area contributed by atoms with Crippen LogP contribution in [0.1, 0.15) is 55.6 Å². The fourth-order valence-corrected chi connectivity index (χ4v) is 3.91. The second-order valence-electron chi connectivity index (χ2n) is 7.98. The number of aliphatic imine (C=N–C) groups is 3. The first-order valence-electron chi connectivity index (χ1n) is 11.8. The molecule has 0 fully saturated rings. The molecule has 6 nitrogen and oxygen atoms in total. The number of carbonyl (C=O) groups is 2. The van der Waals surface area contributed by atoms with Crippen LogP contribution in [0.2, 0.25) is 5.02 Å². The average Bonchev–Trinajstić information content (AvgIpc) is 2.88. The first kappa shape index (κ1) is 34.0. The van der Waals surface area contributed by atoms with Crippen molar-refractivity contribution in [1.29, 1.82) is 0 Å². The highest BCUT2D eigenvalue weighted by atomic mass is 35.5. The highest BCUT2D eigenvalue weighted by Gasteiger charge is 2.31. The van der Waals surface area contributed by atoms with Gasteiger partial charge >= 0.3 is 12.2 Å². The van der Waals surface area contributed by atoms with Crippen LogP contribution >= 0.6 is 23.4 Å². The summed E-state index contributed by atoms with van der Waals surface area (Å²) in [6.07, 6.45) is -3.55. The van der Waals surface area contributed by atoms with Gasteiger partial charge in [-0.25, -0.2) is 14.2 Å². The molecule has 12 heteroatoms. The Balaban J connectivity index is 0.000000525. The molecule has 0 radical (unpaired) electrons. The summed E-state index contributed by atoms with van der Waals surface area (Å²) in [6.45, 7) is 6.42. The molecule has 2 aromatic rings. The van der Waals surface area contributed by atoms with Gasteiger partial charge in [0.25, 0.3) is 0 Å². The SMILES string of the molecule is CC=NC(=NC)c1ccc(C(F)CNC(=O)/N=C(/C)SCC(=O)CC)cc1.Cc1cc(Cl)ccc1C(F)(F)F. The van der Waals surface area contributed by atoms with Gasteiger partial charge in [-0.1, -0.05) is 42.8 Å². The van der Waals surface area contributed by atoms with Gasteiger partial charge in [0, 0.05) is 30.3 Å².